The first-order chi connectivity index (χ1) is 19.6. The summed E-state index contributed by atoms with van der Waals surface area (Å²) in [5.41, 5.74) is 2.62. The standard InChI is InChI=1S/C29H34FN5O4.C2H6/c1-29(2,18-35(3)4)17-33-27(37)23-14-19(12-13-31-23)16-32-22-9-7-5-6-8-21(22)26(36)34-20-10-11-24-25(15-20)39-28(30)38-24;1-2/h5,7-15,28,32H,6,16-18H2,1-4H3,(H,33,37)(H,34,36);1-2H3. The average molecular weight is 566 g/mol. The van der Waals surface area contributed by atoms with Crippen molar-refractivity contribution in [2.45, 2.75) is 47.2 Å². The van der Waals surface area contributed by atoms with E-state index >= 15 is 0 Å². The molecule has 0 fully saturated rings. The van der Waals surface area contributed by atoms with Crippen molar-refractivity contribution in [3.63, 3.8) is 0 Å². The summed E-state index contributed by atoms with van der Waals surface area (Å²) < 4.78 is 23.2. The number of amides is 2. The van der Waals surface area contributed by atoms with Gasteiger partial charge < -0.3 is 30.3 Å². The van der Waals surface area contributed by atoms with E-state index < -0.39 is 6.54 Å². The third-order valence-electron chi connectivity index (χ3n) is 6.04. The van der Waals surface area contributed by atoms with Crippen LogP contribution in [0.5, 0.6) is 11.5 Å². The highest BCUT2D eigenvalue weighted by atomic mass is 19.2. The molecule has 41 heavy (non-hydrogen) atoms. The average Bonchev–Trinajstić information content (AvgIpc) is 3.14. The van der Waals surface area contributed by atoms with Crippen LogP contribution in [0.25, 0.3) is 0 Å². The Morgan fingerprint density at radius 3 is 2.61 bits per heavy atom. The van der Waals surface area contributed by atoms with Crippen molar-refractivity contribution in [2.75, 3.05) is 32.5 Å². The monoisotopic (exact) mass is 565 g/mol. The molecular weight excluding hydrogens is 525 g/mol. The van der Waals surface area contributed by atoms with Crippen molar-refractivity contribution in [1.82, 2.24) is 20.5 Å². The zero-order valence-electron chi connectivity index (χ0n) is 24.6. The van der Waals surface area contributed by atoms with Gasteiger partial charge in [0.25, 0.3) is 11.8 Å². The van der Waals surface area contributed by atoms with Crippen LogP contribution < -0.4 is 25.4 Å². The van der Waals surface area contributed by atoms with Crippen LogP contribution in [0.15, 0.2) is 72.1 Å². The maximum absolute atomic E-state index is 13.3. The van der Waals surface area contributed by atoms with Gasteiger partial charge >= 0.3 is 6.54 Å². The van der Waals surface area contributed by atoms with Crippen LogP contribution in [0.4, 0.5) is 10.1 Å². The minimum absolute atomic E-state index is 0.0859. The molecule has 9 nitrogen and oxygen atoms in total. The highest BCUT2D eigenvalue weighted by Gasteiger charge is 2.24. The van der Waals surface area contributed by atoms with Gasteiger partial charge in [0.05, 0.1) is 5.57 Å². The van der Waals surface area contributed by atoms with Crippen LogP contribution in [0.3, 0.4) is 0 Å². The fourth-order valence-electron chi connectivity index (χ4n) is 4.42. The van der Waals surface area contributed by atoms with Crippen molar-refractivity contribution in [2.24, 2.45) is 5.41 Å². The van der Waals surface area contributed by atoms with Gasteiger partial charge in [0, 0.05) is 43.3 Å². The Morgan fingerprint density at radius 1 is 1.10 bits per heavy atom. The molecular formula is C31H40FN5O4. The molecule has 0 saturated carbocycles. The molecule has 1 aliphatic carbocycles. The number of rotatable bonds is 10. The maximum atomic E-state index is 13.3. The highest BCUT2D eigenvalue weighted by molar-refractivity contribution is 6.07. The van der Waals surface area contributed by atoms with Crippen molar-refractivity contribution < 1.29 is 23.5 Å². The number of nitrogens with zero attached hydrogens (tertiary/aromatic N) is 2. The van der Waals surface area contributed by atoms with Gasteiger partial charge in [-0.25, -0.2) is 0 Å². The molecule has 3 N–H and O–H groups in total. The number of ether oxygens (including phenoxy) is 2. The smallest absolute Gasteiger partial charge is 0.397 e. The highest BCUT2D eigenvalue weighted by Crippen LogP contribution is 2.37. The molecule has 0 saturated heterocycles. The summed E-state index contributed by atoms with van der Waals surface area (Å²) in [6, 6.07) is 8.24. The number of nitrogens with one attached hydrogen (secondary N) is 3. The minimum Gasteiger partial charge on any atom is -0.425 e. The van der Waals surface area contributed by atoms with Crippen LogP contribution in [0, 0.1) is 5.41 Å². The SMILES string of the molecule is CC.CN(C)CC(C)(C)CNC(=O)c1cc(CNC2=CC=CCC=C2C(=O)Nc2ccc3c(c2)OC(F)O3)ccn1. The second-order valence-corrected chi connectivity index (χ2v) is 10.5. The first kappa shape index (κ1) is 31.3. The van der Waals surface area contributed by atoms with Crippen molar-refractivity contribution in [3.05, 3.63) is 83.4 Å². The zero-order valence-corrected chi connectivity index (χ0v) is 24.6. The molecule has 1 atom stereocenters. The molecule has 2 amide bonds. The van der Waals surface area contributed by atoms with Crippen molar-refractivity contribution in [1.29, 1.82) is 0 Å². The first-order valence-electron chi connectivity index (χ1n) is 13.7. The van der Waals surface area contributed by atoms with E-state index in [1.165, 1.54) is 6.07 Å². The molecule has 2 aliphatic rings. The van der Waals surface area contributed by atoms with Crippen LogP contribution in [-0.2, 0) is 11.3 Å². The molecule has 0 bridgehead atoms. The summed E-state index contributed by atoms with van der Waals surface area (Å²) in [6.07, 6.45) is 9.65. The number of benzene rings is 1. The Balaban J connectivity index is 0.00000226. The lowest BCUT2D eigenvalue weighted by molar-refractivity contribution is -0.112. The Hall–Kier alpha value is -4.18. The molecule has 2 heterocycles. The van der Waals surface area contributed by atoms with Gasteiger partial charge in [-0.1, -0.05) is 45.9 Å². The number of allylic oxidation sites excluding steroid dienone is 4. The Morgan fingerprint density at radius 2 is 1.85 bits per heavy atom. The number of anilines is 1. The second-order valence-electron chi connectivity index (χ2n) is 10.5. The molecule has 1 unspecified atom stereocenters. The van der Waals surface area contributed by atoms with E-state index in [2.05, 4.69) is 39.7 Å². The van der Waals surface area contributed by atoms with E-state index in [1.807, 2.05) is 58.3 Å². The summed E-state index contributed by atoms with van der Waals surface area (Å²) >= 11 is 0. The van der Waals surface area contributed by atoms with Crippen LogP contribution >= 0.6 is 0 Å². The summed E-state index contributed by atoms with van der Waals surface area (Å²) in [5, 5.41) is 9.12. The van der Waals surface area contributed by atoms with Gasteiger partial charge in [0.1, 0.15) is 5.69 Å². The van der Waals surface area contributed by atoms with Crippen molar-refractivity contribution >= 4 is 17.5 Å². The molecule has 0 radical (unpaired) electrons. The summed E-state index contributed by atoms with van der Waals surface area (Å²) in [4.78, 5) is 32.3. The van der Waals surface area contributed by atoms with Gasteiger partial charge in [-0.15, -0.1) is 0 Å². The number of fused-ring (bicyclic) bond motifs is 1. The normalized spacial score (nSPS) is 15.7. The third kappa shape index (κ3) is 9.18. The Bertz CT molecular complexity index is 1320. The predicted molar refractivity (Wildman–Crippen MR) is 158 cm³/mol. The van der Waals surface area contributed by atoms with E-state index in [0.29, 0.717) is 42.2 Å². The van der Waals surface area contributed by atoms with E-state index in [1.54, 1.807) is 24.4 Å². The lowest BCUT2D eigenvalue weighted by atomic mass is 9.93. The third-order valence-corrected chi connectivity index (χ3v) is 6.04. The van der Waals surface area contributed by atoms with E-state index in [9.17, 15) is 14.0 Å². The number of pyridine rings is 1. The van der Waals surface area contributed by atoms with Crippen LogP contribution in [0.2, 0.25) is 0 Å². The fourth-order valence-corrected chi connectivity index (χ4v) is 4.42. The maximum Gasteiger partial charge on any atom is 0.397 e. The van der Waals surface area contributed by atoms with E-state index in [-0.39, 0.29) is 28.7 Å². The second kappa shape index (κ2) is 14.5. The van der Waals surface area contributed by atoms with Gasteiger partial charge in [-0.3, -0.25) is 14.6 Å². The van der Waals surface area contributed by atoms with E-state index in [0.717, 1.165) is 12.1 Å². The van der Waals surface area contributed by atoms with Gasteiger partial charge in [-0.05, 0) is 61.8 Å². The fraction of sp³-hybridized carbons (Fsp3) is 0.387. The van der Waals surface area contributed by atoms with Crippen LogP contribution in [-0.4, -0.2) is 55.4 Å². The summed E-state index contributed by atoms with van der Waals surface area (Å²) in [7, 11) is 4.01. The Kier molecular flexibility index (Phi) is 11.0. The number of hydrogen-bond acceptors (Lipinski definition) is 7. The number of aromatic nitrogens is 1. The minimum atomic E-state index is -1.85. The quantitative estimate of drug-likeness (QED) is 0.375. The number of alkyl halides is 1. The molecule has 4 rings (SSSR count). The lowest BCUT2D eigenvalue weighted by Gasteiger charge is -2.28. The van der Waals surface area contributed by atoms with Gasteiger partial charge in [-0.2, -0.15) is 4.39 Å². The molecule has 1 aliphatic heterocycles. The van der Waals surface area contributed by atoms with Crippen molar-refractivity contribution in [3.8, 4) is 11.5 Å². The molecule has 0 spiro atoms. The molecule has 1 aromatic heterocycles. The summed E-state index contributed by atoms with van der Waals surface area (Å²) in [6.45, 7) is 8.08. The zero-order chi connectivity index (χ0) is 30.0. The van der Waals surface area contributed by atoms with Crippen LogP contribution in [0.1, 0.15) is 50.2 Å². The predicted octanol–water partition coefficient (Wildman–Crippen LogP) is 4.95. The first-order valence-corrected chi connectivity index (χ1v) is 13.7. The number of carbonyl (C=O) groups is 2. The van der Waals surface area contributed by atoms with E-state index in [4.69, 9.17) is 9.47 Å². The number of hydrogen-bond donors (Lipinski definition) is 3. The topological polar surface area (TPSA) is 105 Å². The number of halogens is 1. The molecule has 2 aromatic rings. The molecule has 10 heteroatoms. The van der Waals surface area contributed by atoms with Gasteiger partial charge in [0.2, 0.25) is 0 Å². The molecule has 220 valence electrons. The van der Waals surface area contributed by atoms with Gasteiger partial charge in [0.15, 0.2) is 11.5 Å². The number of carbonyl (C=O) groups excluding carboxylic acids is 2. The molecule has 1 aromatic carbocycles. The largest absolute Gasteiger partial charge is 0.425 e. The summed E-state index contributed by atoms with van der Waals surface area (Å²) in [5.74, 6) is -0.0564. The lowest BCUT2D eigenvalue weighted by Crippen LogP contribution is -2.40. The Labute approximate surface area is 241 Å².